The predicted molar refractivity (Wildman–Crippen MR) is 232 cm³/mol. The minimum atomic E-state index is -1.17. The second kappa shape index (κ2) is 26.6. The molecule has 0 bridgehead atoms. The van der Waals surface area contributed by atoms with E-state index in [4.69, 9.17) is 16.3 Å². The average Bonchev–Trinajstić information content (AvgIpc) is 3.47. The molecule has 0 aromatic rings. The van der Waals surface area contributed by atoms with Crippen LogP contribution in [0.4, 0.5) is 0 Å². The summed E-state index contributed by atoms with van der Waals surface area (Å²) < 4.78 is 5.61. The standard InChI is InChI=1S/C44H69ClN6O7/c1-13-17-25-58-30-35(29-52)46-41(54)36(28-34(20-15-3)22-23-45)49(11)42(55)38(27-33(16-4)19-14-2)50(12)44(57)40(31(5)6)51-32(7)26-37(43(51)56)48(10)39(53)21-18-24-47(8)9/h14-16,19-20,22-23,29,31-32,35-38,40H,2-4,13,17-18,21,24-28,30H2,1,5-12H3,(H,46,54)/b23-22+,33-19+,34-20+. The lowest BCUT2D eigenvalue weighted by Crippen LogP contribution is -2.60. The molecule has 1 saturated heterocycles. The van der Waals surface area contributed by atoms with Crippen molar-refractivity contribution >= 4 is 47.4 Å². The van der Waals surface area contributed by atoms with Gasteiger partial charge in [0.15, 0.2) is 0 Å². The summed E-state index contributed by atoms with van der Waals surface area (Å²) in [6.45, 7) is 20.1. The predicted octanol–water partition coefficient (Wildman–Crippen LogP) is 4.90. The summed E-state index contributed by atoms with van der Waals surface area (Å²) in [5.74, 6) is -2.52. The molecule has 58 heavy (non-hydrogen) atoms. The molecular formula is C44H69ClN6O7. The zero-order chi connectivity index (χ0) is 44.1. The Labute approximate surface area is 352 Å². The molecule has 6 atom stereocenters. The number of allylic oxidation sites excluding steroid dienone is 6. The maximum Gasteiger partial charge on any atom is 0.246 e. The smallest absolute Gasteiger partial charge is 0.246 e. The number of nitrogens with one attached hydrogen (secondary N) is 1. The van der Waals surface area contributed by atoms with Gasteiger partial charge >= 0.3 is 0 Å². The fourth-order valence-corrected chi connectivity index (χ4v) is 7.08. The summed E-state index contributed by atoms with van der Waals surface area (Å²) in [5, 5.41) is 2.72. The van der Waals surface area contributed by atoms with E-state index in [0.717, 1.165) is 19.4 Å². The molecule has 0 aliphatic carbocycles. The Morgan fingerprint density at radius 3 is 2.09 bits per heavy atom. The highest BCUT2D eigenvalue weighted by atomic mass is 35.5. The van der Waals surface area contributed by atoms with E-state index in [-0.39, 0.29) is 49.6 Å². The van der Waals surface area contributed by atoms with Gasteiger partial charge in [0, 0.05) is 58.6 Å². The van der Waals surface area contributed by atoms with Gasteiger partial charge in [-0.05, 0) is 70.0 Å². The van der Waals surface area contributed by atoms with Gasteiger partial charge in [0.1, 0.15) is 36.5 Å². The maximum atomic E-state index is 14.8. The first-order valence-electron chi connectivity index (χ1n) is 20.1. The van der Waals surface area contributed by atoms with E-state index < -0.39 is 47.9 Å². The number of halogens is 1. The molecule has 6 unspecified atom stereocenters. The van der Waals surface area contributed by atoms with Crippen molar-refractivity contribution in [3.8, 4) is 0 Å². The van der Waals surface area contributed by atoms with E-state index in [1.807, 2.05) is 46.7 Å². The number of hydrogen-bond donors (Lipinski definition) is 1. The van der Waals surface area contributed by atoms with Crippen molar-refractivity contribution in [1.82, 2.24) is 29.8 Å². The molecule has 0 spiro atoms. The van der Waals surface area contributed by atoms with Crippen LogP contribution in [0.1, 0.15) is 72.6 Å². The summed E-state index contributed by atoms with van der Waals surface area (Å²) in [4.78, 5) is 90.6. The van der Waals surface area contributed by atoms with Crippen molar-refractivity contribution < 1.29 is 33.5 Å². The van der Waals surface area contributed by atoms with Crippen molar-refractivity contribution in [1.29, 1.82) is 0 Å². The first-order valence-corrected chi connectivity index (χ1v) is 20.5. The number of likely N-dealkylation sites (N-methyl/N-ethyl adjacent to an activating group) is 3. The van der Waals surface area contributed by atoms with Crippen LogP contribution in [-0.4, -0.2) is 152 Å². The van der Waals surface area contributed by atoms with Gasteiger partial charge in [-0.25, -0.2) is 0 Å². The van der Waals surface area contributed by atoms with Gasteiger partial charge in [0.2, 0.25) is 29.5 Å². The number of likely N-dealkylation sites (tertiary alicyclic amines) is 1. The Hall–Kier alpha value is -4.33. The molecule has 0 radical (unpaired) electrons. The van der Waals surface area contributed by atoms with E-state index in [0.29, 0.717) is 36.9 Å². The van der Waals surface area contributed by atoms with Gasteiger partial charge in [-0.15, -0.1) is 0 Å². The number of rotatable bonds is 27. The van der Waals surface area contributed by atoms with Gasteiger partial charge in [-0.1, -0.05) is 88.9 Å². The second-order valence-corrected chi connectivity index (χ2v) is 15.7. The van der Waals surface area contributed by atoms with Crippen LogP contribution in [0.25, 0.3) is 0 Å². The molecule has 1 rings (SSSR count). The van der Waals surface area contributed by atoms with E-state index in [1.54, 1.807) is 42.3 Å². The van der Waals surface area contributed by atoms with E-state index in [9.17, 15) is 28.8 Å². The van der Waals surface area contributed by atoms with Crippen LogP contribution in [0, 0.1) is 5.92 Å². The van der Waals surface area contributed by atoms with Crippen LogP contribution in [0.15, 0.2) is 72.9 Å². The van der Waals surface area contributed by atoms with Crippen LogP contribution in [-0.2, 0) is 33.5 Å². The molecule has 0 aromatic heterocycles. The number of carbonyl (C=O) groups is 6. The third kappa shape index (κ3) is 15.4. The van der Waals surface area contributed by atoms with E-state index in [1.165, 1.54) is 40.4 Å². The van der Waals surface area contributed by atoms with Gasteiger partial charge in [0.25, 0.3) is 0 Å². The molecule has 14 heteroatoms. The van der Waals surface area contributed by atoms with Gasteiger partial charge in [-0.3, -0.25) is 24.0 Å². The molecule has 1 N–H and O–H groups in total. The van der Waals surface area contributed by atoms with E-state index in [2.05, 4.69) is 25.1 Å². The Bertz CT molecular complexity index is 1520. The molecule has 0 saturated carbocycles. The summed E-state index contributed by atoms with van der Waals surface area (Å²) in [7, 11) is 8.47. The van der Waals surface area contributed by atoms with Crippen LogP contribution >= 0.6 is 11.6 Å². The summed E-state index contributed by atoms with van der Waals surface area (Å²) in [5.41, 5.74) is 2.46. The number of hydrogen-bond acceptors (Lipinski definition) is 8. The molecular weight excluding hydrogens is 760 g/mol. The highest BCUT2D eigenvalue weighted by molar-refractivity contribution is 6.25. The van der Waals surface area contributed by atoms with Crippen molar-refractivity contribution in [3.05, 3.63) is 72.9 Å². The Balaban J connectivity index is 3.68. The zero-order valence-corrected chi connectivity index (χ0v) is 37.1. The Kier molecular flexibility index (Phi) is 23.7. The van der Waals surface area contributed by atoms with Crippen molar-refractivity contribution in [2.75, 3.05) is 55.0 Å². The van der Waals surface area contributed by atoms with Crippen LogP contribution in [0.3, 0.4) is 0 Å². The summed E-state index contributed by atoms with van der Waals surface area (Å²) in [6, 6.07) is -5.40. The van der Waals surface area contributed by atoms with Crippen LogP contribution in [0.5, 0.6) is 0 Å². The number of ether oxygens (including phenoxy) is 1. The Morgan fingerprint density at radius 2 is 1.55 bits per heavy atom. The monoisotopic (exact) mass is 828 g/mol. The van der Waals surface area contributed by atoms with Crippen molar-refractivity contribution in [2.45, 2.75) is 109 Å². The molecule has 0 aromatic carbocycles. The van der Waals surface area contributed by atoms with Crippen LogP contribution in [0.2, 0.25) is 0 Å². The highest BCUT2D eigenvalue weighted by Crippen LogP contribution is 2.30. The van der Waals surface area contributed by atoms with Crippen LogP contribution < -0.4 is 5.32 Å². The lowest BCUT2D eigenvalue weighted by Gasteiger charge is -2.40. The number of nitrogens with zero attached hydrogens (tertiary/aromatic N) is 5. The first-order chi connectivity index (χ1) is 27.4. The minimum absolute atomic E-state index is 0.00949. The summed E-state index contributed by atoms with van der Waals surface area (Å²) >= 11 is 5.94. The fourth-order valence-electron chi connectivity index (χ4n) is 6.92. The highest BCUT2D eigenvalue weighted by Gasteiger charge is 2.48. The van der Waals surface area contributed by atoms with Gasteiger partial charge in [0.05, 0.1) is 6.61 Å². The SMILES string of the molecule is C=C/C=C(\C=C)CC(C(=O)N(C)C(CC(=C/C=C)/C=C/Cl)C(=O)NC(C=O)COCCCC)N(C)C(=O)C(C(C)C)N1C(=O)C(N(C)C(=O)CCCN(C)C)CC1C. The minimum Gasteiger partial charge on any atom is -0.379 e. The largest absolute Gasteiger partial charge is 0.379 e. The molecule has 1 fully saturated rings. The number of aldehydes is 1. The lowest BCUT2D eigenvalue weighted by atomic mass is 9.96. The molecule has 1 aliphatic rings. The fraction of sp³-hybridized carbons (Fsp3) is 0.591. The Morgan fingerprint density at radius 1 is 0.948 bits per heavy atom. The molecule has 324 valence electrons. The topological polar surface area (TPSA) is 140 Å². The van der Waals surface area contributed by atoms with Gasteiger partial charge < -0.3 is 39.3 Å². The van der Waals surface area contributed by atoms with Crippen molar-refractivity contribution in [3.63, 3.8) is 0 Å². The number of unbranched alkanes of at least 4 members (excludes halogenated alkanes) is 1. The molecule has 1 heterocycles. The molecule has 5 amide bonds. The van der Waals surface area contributed by atoms with Gasteiger partial charge in [-0.2, -0.15) is 0 Å². The quantitative estimate of drug-likeness (QED) is 0.0702. The van der Waals surface area contributed by atoms with Crippen molar-refractivity contribution in [2.24, 2.45) is 5.92 Å². The number of carbonyl (C=O) groups excluding carboxylic acids is 6. The maximum absolute atomic E-state index is 14.8. The third-order valence-electron chi connectivity index (χ3n) is 10.3. The molecule has 13 nitrogen and oxygen atoms in total. The first kappa shape index (κ1) is 51.7. The summed E-state index contributed by atoms with van der Waals surface area (Å²) in [6.07, 6.45) is 13.1. The number of amides is 5. The second-order valence-electron chi connectivity index (χ2n) is 15.4. The zero-order valence-electron chi connectivity index (χ0n) is 36.3. The third-order valence-corrected chi connectivity index (χ3v) is 10.5. The normalized spacial score (nSPS) is 18.1. The molecule has 1 aliphatic heterocycles. The lowest BCUT2D eigenvalue weighted by molar-refractivity contribution is -0.154. The average molecular weight is 830 g/mol. The van der Waals surface area contributed by atoms with E-state index >= 15 is 0 Å².